The van der Waals surface area contributed by atoms with Crippen molar-refractivity contribution in [3.8, 4) is 5.75 Å². The van der Waals surface area contributed by atoms with Crippen molar-refractivity contribution in [3.63, 3.8) is 0 Å². The quantitative estimate of drug-likeness (QED) is 0.581. The monoisotopic (exact) mass is 243 g/mol. The van der Waals surface area contributed by atoms with E-state index in [4.69, 9.17) is 10.2 Å². The van der Waals surface area contributed by atoms with Gasteiger partial charge < -0.3 is 20.6 Å². The number of hydrogen-bond acceptors (Lipinski definition) is 4. The predicted octanol–water partition coefficient (Wildman–Crippen LogP) is -0.293. The van der Waals surface area contributed by atoms with Crippen LogP contribution in [-0.2, 0) is 4.79 Å². The van der Waals surface area contributed by atoms with Gasteiger partial charge in [-0.2, -0.15) is 0 Å². The number of hydrogen-bond donors (Lipinski definition) is 4. The summed E-state index contributed by atoms with van der Waals surface area (Å²) in [4.78, 5) is 22.0. The van der Waals surface area contributed by atoms with Gasteiger partial charge in [0.05, 0.1) is 12.2 Å². The largest absolute Gasteiger partial charge is 0.507 e. The van der Waals surface area contributed by atoms with E-state index in [0.29, 0.717) is 0 Å². The molecule has 0 heterocycles. The molecule has 0 aliphatic heterocycles. The summed E-state index contributed by atoms with van der Waals surface area (Å²) in [5.41, 5.74) is -0.398. The van der Waals surface area contributed by atoms with Crippen LogP contribution in [0, 0.1) is 5.82 Å². The van der Waals surface area contributed by atoms with Crippen LogP contribution in [0.1, 0.15) is 10.4 Å². The van der Waals surface area contributed by atoms with E-state index in [-0.39, 0.29) is 0 Å². The number of aliphatic hydroxyl groups excluding tert-OH is 1. The molecule has 6 nitrogen and oxygen atoms in total. The Bertz CT molecular complexity index is 448. The average molecular weight is 243 g/mol. The number of benzene rings is 1. The van der Waals surface area contributed by atoms with Crippen LogP contribution in [-0.4, -0.2) is 39.8 Å². The summed E-state index contributed by atoms with van der Waals surface area (Å²) >= 11 is 0. The molecular formula is C10H10FNO5. The lowest BCUT2D eigenvalue weighted by Crippen LogP contribution is -2.43. The minimum absolute atomic E-state index is 0.398. The van der Waals surface area contributed by atoms with Crippen LogP contribution >= 0.6 is 0 Å². The number of halogens is 1. The molecule has 0 saturated heterocycles. The summed E-state index contributed by atoms with van der Waals surface area (Å²) in [6.45, 7) is -0.808. The molecule has 1 unspecified atom stereocenters. The molecule has 1 aromatic carbocycles. The first-order valence-electron chi connectivity index (χ1n) is 4.58. The minimum Gasteiger partial charge on any atom is -0.507 e. The van der Waals surface area contributed by atoms with Crippen molar-refractivity contribution in [3.05, 3.63) is 29.6 Å². The Hall–Kier alpha value is -2.15. The van der Waals surface area contributed by atoms with Gasteiger partial charge in [0, 0.05) is 0 Å². The van der Waals surface area contributed by atoms with Crippen molar-refractivity contribution in [1.82, 2.24) is 5.32 Å². The number of carbonyl (C=O) groups is 2. The molecule has 1 aromatic rings. The Morgan fingerprint density at radius 2 is 2.06 bits per heavy atom. The lowest BCUT2D eigenvalue weighted by Gasteiger charge is -2.12. The fraction of sp³-hybridized carbons (Fsp3) is 0.200. The third-order valence-electron chi connectivity index (χ3n) is 1.99. The highest BCUT2D eigenvalue weighted by Gasteiger charge is 2.21. The first-order valence-corrected chi connectivity index (χ1v) is 4.58. The lowest BCUT2D eigenvalue weighted by molar-refractivity contribution is -0.140. The molecule has 0 spiro atoms. The van der Waals surface area contributed by atoms with Crippen molar-refractivity contribution in [2.45, 2.75) is 6.04 Å². The summed E-state index contributed by atoms with van der Waals surface area (Å²) in [7, 11) is 0. The number of aliphatic carboxylic acids is 1. The molecule has 17 heavy (non-hydrogen) atoms. The van der Waals surface area contributed by atoms with E-state index >= 15 is 0 Å². The van der Waals surface area contributed by atoms with Gasteiger partial charge in [0.25, 0.3) is 5.91 Å². The maximum absolute atomic E-state index is 12.8. The Balaban J connectivity index is 2.89. The van der Waals surface area contributed by atoms with Gasteiger partial charge in [0.15, 0.2) is 6.04 Å². The molecule has 0 radical (unpaired) electrons. The van der Waals surface area contributed by atoms with Gasteiger partial charge >= 0.3 is 5.97 Å². The third-order valence-corrected chi connectivity index (χ3v) is 1.99. The van der Waals surface area contributed by atoms with Gasteiger partial charge in [-0.1, -0.05) is 0 Å². The van der Waals surface area contributed by atoms with Crippen LogP contribution in [0.4, 0.5) is 4.39 Å². The summed E-state index contributed by atoms with van der Waals surface area (Å²) in [5, 5.41) is 28.5. The van der Waals surface area contributed by atoms with E-state index in [2.05, 4.69) is 0 Å². The smallest absolute Gasteiger partial charge is 0.328 e. The van der Waals surface area contributed by atoms with E-state index in [1.54, 1.807) is 0 Å². The molecule has 4 N–H and O–H groups in total. The van der Waals surface area contributed by atoms with Gasteiger partial charge in [-0.25, -0.2) is 9.18 Å². The maximum Gasteiger partial charge on any atom is 0.328 e. The number of aromatic hydroxyl groups is 1. The van der Waals surface area contributed by atoms with Gasteiger partial charge in [0.2, 0.25) is 0 Å². The molecular weight excluding hydrogens is 233 g/mol. The number of carboxylic acid groups (broad SMARTS) is 1. The van der Waals surface area contributed by atoms with E-state index < -0.39 is 41.7 Å². The molecule has 0 aromatic heterocycles. The van der Waals surface area contributed by atoms with Crippen LogP contribution in [0.2, 0.25) is 0 Å². The standard InChI is InChI=1S/C10H10FNO5/c11-5-1-2-8(14)6(3-5)9(15)12-7(4-13)10(16)17/h1-3,7,13-14H,4H2,(H,12,15)(H,16,17). The van der Waals surface area contributed by atoms with Crippen LogP contribution in [0.5, 0.6) is 5.75 Å². The number of carbonyl (C=O) groups excluding carboxylic acids is 1. The maximum atomic E-state index is 12.8. The molecule has 0 bridgehead atoms. The summed E-state index contributed by atoms with van der Waals surface area (Å²) in [6.07, 6.45) is 0. The lowest BCUT2D eigenvalue weighted by atomic mass is 10.1. The second-order valence-corrected chi connectivity index (χ2v) is 3.21. The van der Waals surface area contributed by atoms with E-state index in [1.165, 1.54) is 0 Å². The predicted molar refractivity (Wildman–Crippen MR) is 54.0 cm³/mol. The zero-order valence-corrected chi connectivity index (χ0v) is 8.55. The molecule has 7 heteroatoms. The topological polar surface area (TPSA) is 107 Å². The Morgan fingerprint density at radius 1 is 1.41 bits per heavy atom. The van der Waals surface area contributed by atoms with Crippen molar-refractivity contribution < 1.29 is 29.3 Å². The number of rotatable bonds is 4. The van der Waals surface area contributed by atoms with Crippen LogP contribution in [0.15, 0.2) is 18.2 Å². The number of phenolic OH excluding ortho intramolecular Hbond substituents is 1. The number of amides is 1. The number of phenols is 1. The third kappa shape index (κ3) is 3.15. The molecule has 0 saturated carbocycles. The Kier molecular flexibility index (Phi) is 4.00. The SMILES string of the molecule is O=C(NC(CO)C(=O)O)c1cc(F)ccc1O. The zero-order valence-electron chi connectivity index (χ0n) is 8.55. The van der Waals surface area contributed by atoms with Crippen molar-refractivity contribution in [2.24, 2.45) is 0 Å². The number of aliphatic hydroxyl groups is 1. The van der Waals surface area contributed by atoms with E-state index in [9.17, 15) is 19.1 Å². The van der Waals surface area contributed by atoms with Gasteiger partial charge in [-0.3, -0.25) is 4.79 Å². The molecule has 1 atom stereocenters. The molecule has 0 aliphatic rings. The second kappa shape index (κ2) is 5.26. The molecule has 0 fully saturated rings. The van der Waals surface area contributed by atoms with E-state index in [0.717, 1.165) is 18.2 Å². The second-order valence-electron chi connectivity index (χ2n) is 3.21. The summed E-state index contributed by atoms with van der Waals surface area (Å²) in [6, 6.07) is 1.18. The minimum atomic E-state index is -1.51. The highest BCUT2D eigenvalue weighted by molar-refractivity contribution is 5.98. The van der Waals surface area contributed by atoms with Crippen LogP contribution in [0.3, 0.4) is 0 Å². The van der Waals surface area contributed by atoms with Crippen molar-refractivity contribution in [2.75, 3.05) is 6.61 Å². The van der Waals surface area contributed by atoms with Crippen molar-refractivity contribution >= 4 is 11.9 Å². The van der Waals surface area contributed by atoms with Crippen LogP contribution < -0.4 is 5.32 Å². The molecule has 1 rings (SSSR count). The highest BCUT2D eigenvalue weighted by Crippen LogP contribution is 2.17. The zero-order chi connectivity index (χ0) is 13.0. The molecule has 92 valence electrons. The molecule has 1 amide bonds. The first kappa shape index (κ1) is 12.9. The summed E-state index contributed by atoms with van der Waals surface area (Å²) < 4.78 is 12.8. The normalized spacial score (nSPS) is 11.9. The van der Waals surface area contributed by atoms with Gasteiger partial charge in [-0.05, 0) is 18.2 Å². The first-order chi connectivity index (χ1) is 7.95. The Labute approximate surface area is 95.3 Å². The van der Waals surface area contributed by atoms with Gasteiger partial charge in [0.1, 0.15) is 11.6 Å². The van der Waals surface area contributed by atoms with E-state index in [1.807, 2.05) is 5.32 Å². The number of carboxylic acids is 1. The van der Waals surface area contributed by atoms with Gasteiger partial charge in [-0.15, -0.1) is 0 Å². The fourth-order valence-corrected chi connectivity index (χ4v) is 1.11. The number of nitrogens with one attached hydrogen (secondary N) is 1. The fourth-order valence-electron chi connectivity index (χ4n) is 1.11. The van der Waals surface area contributed by atoms with Crippen molar-refractivity contribution in [1.29, 1.82) is 0 Å². The molecule has 0 aliphatic carbocycles. The average Bonchev–Trinajstić information content (AvgIpc) is 2.28. The summed E-state index contributed by atoms with van der Waals surface area (Å²) in [5.74, 6) is -3.64. The van der Waals surface area contributed by atoms with Crippen LogP contribution in [0.25, 0.3) is 0 Å². The Morgan fingerprint density at radius 3 is 2.59 bits per heavy atom. The highest BCUT2D eigenvalue weighted by atomic mass is 19.1.